The topological polar surface area (TPSA) is 56.3 Å². The van der Waals surface area contributed by atoms with Crippen LogP contribution in [0.15, 0.2) is 66.9 Å². The molecule has 1 saturated heterocycles. The van der Waals surface area contributed by atoms with Crippen LogP contribution < -0.4 is 19.1 Å². The van der Waals surface area contributed by atoms with Crippen LogP contribution in [0, 0.1) is 0 Å². The molecule has 0 radical (unpaired) electrons. The van der Waals surface area contributed by atoms with Crippen LogP contribution >= 0.6 is 0 Å². The normalized spacial score (nSPS) is 13.9. The highest BCUT2D eigenvalue weighted by Crippen LogP contribution is 2.25. The summed E-state index contributed by atoms with van der Waals surface area (Å²) >= 11 is 0. The Hall–Kier alpha value is -3.29. The molecule has 0 amide bonds. The lowest BCUT2D eigenvalue weighted by Gasteiger charge is -2.27. The Balaban J connectivity index is 1.50. The molecule has 1 aliphatic heterocycles. The van der Waals surface area contributed by atoms with Crippen molar-refractivity contribution >= 4 is 5.69 Å². The standard InChI is InChI=1S/C27H33N3O4/c1-31-25-7-3-5-22(17-25)20-30(21-23-6-4-8-26(18-23)32-2)24-9-10-28-27(19-24)34-16-13-29-11-14-33-15-12-29/h3-10,17-19H,11-16,20-21H2,1-2H3. The lowest BCUT2D eigenvalue weighted by atomic mass is 10.1. The summed E-state index contributed by atoms with van der Waals surface area (Å²) in [7, 11) is 3.38. The third kappa shape index (κ3) is 6.85. The van der Waals surface area contributed by atoms with Gasteiger partial charge in [0.1, 0.15) is 18.1 Å². The highest BCUT2D eigenvalue weighted by molar-refractivity contribution is 5.50. The van der Waals surface area contributed by atoms with E-state index in [-0.39, 0.29) is 0 Å². The summed E-state index contributed by atoms with van der Waals surface area (Å²) in [6.07, 6.45) is 1.81. The molecule has 34 heavy (non-hydrogen) atoms. The lowest BCUT2D eigenvalue weighted by Crippen LogP contribution is -2.38. The predicted molar refractivity (Wildman–Crippen MR) is 133 cm³/mol. The third-order valence-corrected chi connectivity index (χ3v) is 5.86. The maximum Gasteiger partial charge on any atom is 0.215 e. The van der Waals surface area contributed by atoms with Crippen LogP contribution in [0.25, 0.3) is 0 Å². The Labute approximate surface area is 201 Å². The molecule has 3 aromatic rings. The zero-order valence-electron chi connectivity index (χ0n) is 20.0. The fourth-order valence-electron chi connectivity index (χ4n) is 4.00. The van der Waals surface area contributed by atoms with Crippen molar-refractivity contribution in [1.29, 1.82) is 0 Å². The number of anilines is 1. The van der Waals surface area contributed by atoms with E-state index in [2.05, 4.69) is 39.0 Å². The number of morpholine rings is 1. The van der Waals surface area contributed by atoms with Gasteiger partial charge in [-0.2, -0.15) is 0 Å². The van der Waals surface area contributed by atoms with Gasteiger partial charge in [0, 0.05) is 50.7 Å². The minimum absolute atomic E-state index is 0.599. The monoisotopic (exact) mass is 463 g/mol. The van der Waals surface area contributed by atoms with E-state index in [9.17, 15) is 0 Å². The van der Waals surface area contributed by atoms with Gasteiger partial charge in [0.2, 0.25) is 5.88 Å². The molecule has 0 N–H and O–H groups in total. The summed E-state index contributed by atoms with van der Waals surface area (Å²) in [5, 5.41) is 0. The van der Waals surface area contributed by atoms with E-state index in [0.717, 1.165) is 61.2 Å². The van der Waals surface area contributed by atoms with Crippen molar-refractivity contribution in [2.45, 2.75) is 13.1 Å². The predicted octanol–water partition coefficient (Wildman–Crippen LogP) is 4.02. The summed E-state index contributed by atoms with van der Waals surface area (Å²) in [5.74, 6) is 2.33. The zero-order chi connectivity index (χ0) is 23.6. The highest BCUT2D eigenvalue weighted by Gasteiger charge is 2.13. The first kappa shape index (κ1) is 23.9. The first-order valence-corrected chi connectivity index (χ1v) is 11.6. The molecule has 0 spiro atoms. The van der Waals surface area contributed by atoms with E-state index in [4.69, 9.17) is 18.9 Å². The van der Waals surface area contributed by atoms with Crippen LogP contribution in [0.4, 0.5) is 5.69 Å². The Morgan fingerprint density at radius 2 is 1.53 bits per heavy atom. The van der Waals surface area contributed by atoms with E-state index in [1.54, 1.807) is 14.2 Å². The van der Waals surface area contributed by atoms with Crippen molar-refractivity contribution in [3.05, 3.63) is 78.0 Å². The van der Waals surface area contributed by atoms with Gasteiger partial charge in [-0.3, -0.25) is 4.90 Å². The Bertz CT molecular complexity index is 990. The van der Waals surface area contributed by atoms with Gasteiger partial charge in [-0.25, -0.2) is 4.98 Å². The SMILES string of the molecule is COc1cccc(CN(Cc2cccc(OC)c2)c2ccnc(OCCN3CCOCC3)c2)c1. The maximum atomic E-state index is 6.01. The quantitative estimate of drug-likeness (QED) is 0.426. The molecule has 7 nitrogen and oxygen atoms in total. The second kappa shape index (κ2) is 12.3. The van der Waals surface area contributed by atoms with E-state index in [1.807, 2.05) is 42.6 Å². The zero-order valence-corrected chi connectivity index (χ0v) is 20.0. The number of aromatic nitrogens is 1. The average molecular weight is 464 g/mol. The molecule has 0 atom stereocenters. The molecule has 1 fully saturated rings. The first-order valence-electron chi connectivity index (χ1n) is 11.6. The van der Waals surface area contributed by atoms with Crippen LogP contribution in [0.3, 0.4) is 0 Å². The van der Waals surface area contributed by atoms with Crippen molar-refractivity contribution in [3.8, 4) is 17.4 Å². The van der Waals surface area contributed by atoms with Crippen molar-refractivity contribution in [2.75, 3.05) is 58.6 Å². The third-order valence-electron chi connectivity index (χ3n) is 5.86. The molecule has 180 valence electrons. The van der Waals surface area contributed by atoms with Gasteiger partial charge in [-0.15, -0.1) is 0 Å². The summed E-state index contributed by atoms with van der Waals surface area (Å²) in [6.45, 7) is 6.37. The van der Waals surface area contributed by atoms with Crippen molar-refractivity contribution in [1.82, 2.24) is 9.88 Å². The van der Waals surface area contributed by atoms with Gasteiger partial charge >= 0.3 is 0 Å². The van der Waals surface area contributed by atoms with E-state index in [1.165, 1.54) is 0 Å². The largest absolute Gasteiger partial charge is 0.497 e. The van der Waals surface area contributed by atoms with Crippen LogP contribution in [0.2, 0.25) is 0 Å². The molecule has 4 rings (SSSR count). The van der Waals surface area contributed by atoms with Crippen LogP contribution in [-0.4, -0.2) is 63.6 Å². The summed E-state index contributed by atoms with van der Waals surface area (Å²) < 4.78 is 22.3. The van der Waals surface area contributed by atoms with Gasteiger partial charge in [0.05, 0.1) is 27.4 Å². The number of hydrogen-bond donors (Lipinski definition) is 0. The van der Waals surface area contributed by atoms with E-state index < -0.39 is 0 Å². The van der Waals surface area contributed by atoms with Crippen LogP contribution in [-0.2, 0) is 17.8 Å². The van der Waals surface area contributed by atoms with Crippen molar-refractivity contribution in [3.63, 3.8) is 0 Å². The van der Waals surface area contributed by atoms with E-state index >= 15 is 0 Å². The Morgan fingerprint density at radius 3 is 2.15 bits per heavy atom. The number of methoxy groups -OCH3 is 2. The van der Waals surface area contributed by atoms with Gasteiger partial charge in [-0.1, -0.05) is 24.3 Å². The fraction of sp³-hybridized carbons (Fsp3) is 0.370. The smallest absolute Gasteiger partial charge is 0.215 e. The molecular formula is C27H33N3O4. The van der Waals surface area contributed by atoms with Gasteiger partial charge in [0.25, 0.3) is 0 Å². The van der Waals surface area contributed by atoms with Crippen molar-refractivity contribution < 1.29 is 18.9 Å². The number of ether oxygens (including phenoxy) is 4. The summed E-state index contributed by atoms with van der Waals surface area (Å²) in [4.78, 5) is 9.10. The number of pyridine rings is 1. The number of hydrogen-bond acceptors (Lipinski definition) is 7. The molecular weight excluding hydrogens is 430 g/mol. The molecule has 0 saturated carbocycles. The summed E-state index contributed by atoms with van der Waals surface area (Å²) in [6, 6.07) is 20.4. The van der Waals surface area contributed by atoms with E-state index in [0.29, 0.717) is 25.6 Å². The molecule has 0 bridgehead atoms. The molecule has 0 aliphatic carbocycles. The number of benzene rings is 2. The minimum atomic E-state index is 0.599. The minimum Gasteiger partial charge on any atom is -0.497 e. The molecule has 1 aromatic heterocycles. The molecule has 2 heterocycles. The molecule has 0 unspecified atom stereocenters. The van der Waals surface area contributed by atoms with Gasteiger partial charge in [0.15, 0.2) is 0 Å². The highest BCUT2D eigenvalue weighted by atomic mass is 16.5. The van der Waals surface area contributed by atoms with Crippen LogP contribution in [0.1, 0.15) is 11.1 Å². The summed E-state index contributed by atoms with van der Waals surface area (Å²) in [5.41, 5.74) is 3.37. The average Bonchev–Trinajstić information content (AvgIpc) is 2.89. The fourth-order valence-corrected chi connectivity index (χ4v) is 4.00. The second-order valence-corrected chi connectivity index (χ2v) is 8.21. The maximum absolute atomic E-state index is 6.01. The molecule has 1 aliphatic rings. The van der Waals surface area contributed by atoms with Gasteiger partial charge < -0.3 is 23.8 Å². The first-order chi connectivity index (χ1) is 16.7. The molecule has 2 aromatic carbocycles. The second-order valence-electron chi connectivity index (χ2n) is 8.21. The van der Waals surface area contributed by atoms with Crippen molar-refractivity contribution in [2.24, 2.45) is 0 Å². The van der Waals surface area contributed by atoms with Gasteiger partial charge in [-0.05, 0) is 41.5 Å². The molecule has 7 heteroatoms. The lowest BCUT2D eigenvalue weighted by molar-refractivity contribution is 0.0320. The Kier molecular flexibility index (Phi) is 8.60. The van der Waals surface area contributed by atoms with Crippen LogP contribution in [0.5, 0.6) is 17.4 Å². The Morgan fingerprint density at radius 1 is 0.882 bits per heavy atom. The number of rotatable bonds is 11. The number of nitrogens with zero attached hydrogens (tertiary/aromatic N) is 3.